The van der Waals surface area contributed by atoms with Crippen molar-refractivity contribution in [3.63, 3.8) is 0 Å². The van der Waals surface area contributed by atoms with E-state index in [0.29, 0.717) is 16.7 Å². The van der Waals surface area contributed by atoms with Gasteiger partial charge in [0.25, 0.3) is 0 Å². The molecule has 3 aromatic heterocycles. The van der Waals surface area contributed by atoms with E-state index in [1.807, 2.05) is 68.6 Å². The molecule has 5 nitrogen and oxygen atoms in total. The van der Waals surface area contributed by atoms with Gasteiger partial charge in [-0.15, -0.1) is 0 Å². The van der Waals surface area contributed by atoms with Gasteiger partial charge in [-0.1, -0.05) is 48.5 Å². The van der Waals surface area contributed by atoms with E-state index in [1.165, 1.54) is 0 Å². The molecular formula is C21H15N3O2. The van der Waals surface area contributed by atoms with Gasteiger partial charge in [0.05, 0.1) is 22.2 Å². The fraction of sp³-hybridized carbons (Fsp3) is 0.0952. The van der Waals surface area contributed by atoms with Crippen molar-refractivity contribution in [3.05, 3.63) is 70.7 Å². The quantitative estimate of drug-likeness (QED) is 0.339. The van der Waals surface area contributed by atoms with Crippen molar-refractivity contribution in [1.29, 1.82) is 0 Å². The summed E-state index contributed by atoms with van der Waals surface area (Å²) >= 11 is 0. The average Bonchev–Trinajstić information content (AvgIpc) is 2.95. The zero-order valence-electron chi connectivity index (χ0n) is 14.4. The Kier molecular flexibility index (Phi) is 3.00. The van der Waals surface area contributed by atoms with Crippen LogP contribution in [-0.2, 0) is 7.05 Å². The lowest BCUT2D eigenvalue weighted by Crippen LogP contribution is -2.05. The third-order valence-corrected chi connectivity index (χ3v) is 4.76. The van der Waals surface area contributed by atoms with Crippen LogP contribution in [0.4, 0.5) is 0 Å². The number of hydrogen-bond acceptors (Lipinski definition) is 4. The van der Waals surface area contributed by atoms with Gasteiger partial charge < -0.3 is 4.42 Å². The van der Waals surface area contributed by atoms with Gasteiger partial charge in [0.15, 0.2) is 5.65 Å². The molecule has 0 bridgehead atoms. The maximum absolute atomic E-state index is 12.9. The monoisotopic (exact) mass is 341 g/mol. The number of pyridine rings is 1. The second-order valence-electron chi connectivity index (χ2n) is 6.37. The van der Waals surface area contributed by atoms with E-state index in [9.17, 15) is 4.79 Å². The Labute approximate surface area is 148 Å². The van der Waals surface area contributed by atoms with Gasteiger partial charge >= 0.3 is 5.63 Å². The number of nitrogens with zero attached hydrogens (tertiary/aromatic N) is 3. The number of hydrogen-bond donors (Lipinski definition) is 0. The lowest BCUT2D eigenvalue weighted by Gasteiger charge is -2.09. The summed E-state index contributed by atoms with van der Waals surface area (Å²) in [5, 5.41) is 7.67. The van der Waals surface area contributed by atoms with Crippen LogP contribution in [0.1, 0.15) is 5.69 Å². The van der Waals surface area contributed by atoms with Gasteiger partial charge in [0.1, 0.15) is 5.58 Å². The molecule has 5 heteroatoms. The molecule has 26 heavy (non-hydrogen) atoms. The highest BCUT2D eigenvalue weighted by atomic mass is 16.4. The SMILES string of the molecule is Cc1nn(C)c2nc(-c3ccccc3)c3c(=O)oc4ccccc4c3c12. The summed E-state index contributed by atoms with van der Waals surface area (Å²) in [4.78, 5) is 17.7. The van der Waals surface area contributed by atoms with Crippen molar-refractivity contribution in [2.45, 2.75) is 6.92 Å². The van der Waals surface area contributed by atoms with Gasteiger partial charge in [-0.3, -0.25) is 4.68 Å². The largest absolute Gasteiger partial charge is 0.422 e. The van der Waals surface area contributed by atoms with E-state index in [4.69, 9.17) is 9.40 Å². The predicted octanol–water partition coefficient (Wildman–Crippen LogP) is 4.20. The predicted molar refractivity (Wildman–Crippen MR) is 102 cm³/mol. The Hall–Kier alpha value is -3.47. The van der Waals surface area contributed by atoms with Gasteiger partial charge in [-0.25, -0.2) is 9.78 Å². The Morgan fingerprint density at radius 2 is 1.65 bits per heavy atom. The second-order valence-corrected chi connectivity index (χ2v) is 6.37. The van der Waals surface area contributed by atoms with Crippen LogP contribution in [0.15, 0.2) is 63.8 Å². The van der Waals surface area contributed by atoms with Crippen molar-refractivity contribution in [3.8, 4) is 11.3 Å². The number of aryl methyl sites for hydroxylation is 2. The molecule has 0 saturated carbocycles. The summed E-state index contributed by atoms with van der Waals surface area (Å²) in [6.45, 7) is 1.94. The second kappa shape index (κ2) is 5.26. The molecule has 0 aliphatic carbocycles. The molecule has 3 heterocycles. The average molecular weight is 341 g/mol. The standard InChI is InChI=1S/C21H15N3O2/c1-12-16-17-14-10-6-7-11-15(14)26-21(25)18(17)19(13-8-4-3-5-9-13)22-20(16)24(2)23-12/h3-11H,1-2H3. The Bertz CT molecular complexity index is 1360. The van der Waals surface area contributed by atoms with E-state index >= 15 is 0 Å². The topological polar surface area (TPSA) is 60.9 Å². The molecule has 126 valence electrons. The summed E-state index contributed by atoms with van der Waals surface area (Å²) < 4.78 is 7.37. The van der Waals surface area contributed by atoms with Crippen LogP contribution in [0.5, 0.6) is 0 Å². The van der Waals surface area contributed by atoms with Crippen LogP contribution in [-0.4, -0.2) is 14.8 Å². The first-order valence-corrected chi connectivity index (χ1v) is 8.39. The van der Waals surface area contributed by atoms with Gasteiger partial charge in [0, 0.05) is 23.4 Å². The van der Waals surface area contributed by atoms with Gasteiger partial charge in [-0.2, -0.15) is 5.10 Å². The summed E-state index contributed by atoms with van der Waals surface area (Å²) in [7, 11) is 1.87. The number of benzene rings is 2. The zero-order valence-corrected chi connectivity index (χ0v) is 14.4. The third-order valence-electron chi connectivity index (χ3n) is 4.76. The van der Waals surface area contributed by atoms with Gasteiger partial charge in [0.2, 0.25) is 0 Å². The zero-order chi connectivity index (χ0) is 17.8. The molecule has 0 atom stereocenters. The van der Waals surface area contributed by atoms with Crippen LogP contribution in [0.2, 0.25) is 0 Å². The maximum Gasteiger partial charge on any atom is 0.346 e. The Morgan fingerprint density at radius 1 is 0.923 bits per heavy atom. The van der Waals surface area contributed by atoms with E-state index in [2.05, 4.69) is 5.10 Å². The highest BCUT2D eigenvalue weighted by molar-refractivity contribution is 6.21. The Morgan fingerprint density at radius 3 is 2.46 bits per heavy atom. The van der Waals surface area contributed by atoms with Crippen LogP contribution < -0.4 is 5.63 Å². The highest BCUT2D eigenvalue weighted by Crippen LogP contribution is 2.35. The first-order chi connectivity index (χ1) is 12.6. The molecule has 0 N–H and O–H groups in total. The summed E-state index contributed by atoms with van der Waals surface area (Å²) in [6.07, 6.45) is 0. The number of para-hydroxylation sites is 1. The minimum absolute atomic E-state index is 0.379. The van der Waals surface area contributed by atoms with Crippen LogP contribution in [0.25, 0.3) is 44.0 Å². The lowest BCUT2D eigenvalue weighted by atomic mass is 10.00. The molecule has 0 fully saturated rings. The number of rotatable bonds is 1. The number of aromatic nitrogens is 3. The minimum Gasteiger partial charge on any atom is -0.422 e. The molecule has 0 saturated heterocycles. The minimum atomic E-state index is -0.379. The molecule has 0 unspecified atom stereocenters. The van der Waals surface area contributed by atoms with Crippen LogP contribution in [0, 0.1) is 6.92 Å². The third kappa shape index (κ3) is 1.94. The lowest BCUT2D eigenvalue weighted by molar-refractivity contribution is 0.570. The molecule has 0 aliphatic heterocycles. The van der Waals surface area contributed by atoms with Crippen molar-refractivity contribution in [1.82, 2.24) is 14.8 Å². The summed E-state index contributed by atoms with van der Waals surface area (Å²) in [5.41, 5.74) is 3.28. The summed E-state index contributed by atoms with van der Waals surface area (Å²) in [5.74, 6) is 0. The van der Waals surface area contributed by atoms with E-state index < -0.39 is 0 Å². The first kappa shape index (κ1) is 14.8. The van der Waals surface area contributed by atoms with Crippen molar-refractivity contribution in [2.75, 3.05) is 0 Å². The van der Waals surface area contributed by atoms with E-state index in [-0.39, 0.29) is 5.63 Å². The Balaban J connectivity index is 2.15. The van der Waals surface area contributed by atoms with Crippen molar-refractivity contribution < 1.29 is 4.42 Å². The molecule has 2 aromatic carbocycles. The van der Waals surface area contributed by atoms with Crippen LogP contribution in [0.3, 0.4) is 0 Å². The normalized spacial score (nSPS) is 11.6. The molecule has 5 aromatic rings. The first-order valence-electron chi connectivity index (χ1n) is 8.39. The molecular weight excluding hydrogens is 326 g/mol. The maximum atomic E-state index is 12.9. The van der Waals surface area contributed by atoms with Crippen molar-refractivity contribution in [2.24, 2.45) is 7.05 Å². The van der Waals surface area contributed by atoms with Gasteiger partial charge in [-0.05, 0) is 13.0 Å². The summed E-state index contributed by atoms with van der Waals surface area (Å²) in [6, 6.07) is 17.3. The van der Waals surface area contributed by atoms with E-state index in [0.717, 1.165) is 33.1 Å². The van der Waals surface area contributed by atoms with Crippen molar-refractivity contribution >= 4 is 32.8 Å². The molecule has 0 aliphatic rings. The highest BCUT2D eigenvalue weighted by Gasteiger charge is 2.21. The molecule has 0 amide bonds. The smallest absolute Gasteiger partial charge is 0.346 e. The molecule has 0 radical (unpaired) electrons. The fourth-order valence-corrected chi connectivity index (χ4v) is 3.66. The van der Waals surface area contributed by atoms with E-state index in [1.54, 1.807) is 4.68 Å². The fourth-order valence-electron chi connectivity index (χ4n) is 3.66. The number of fused-ring (bicyclic) bond motifs is 5. The molecule has 0 spiro atoms. The van der Waals surface area contributed by atoms with Crippen LogP contribution >= 0.6 is 0 Å². The molecule has 5 rings (SSSR count).